The molecule has 1 N–H and O–H groups in total. The number of carbonyl (C=O) groups is 1. The van der Waals surface area contributed by atoms with Crippen molar-refractivity contribution in [1.82, 2.24) is 20.2 Å². The van der Waals surface area contributed by atoms with Crippen molar-refractivity contribution in [3.63, 3.8) is 0 Å². The number of carboxylic acids is 1. The molecule has 0 atom stereocenters. The van der Waals surface area contributed by atoms with Crippen LogP contribution in [0.4, 0.5) is 0 Å². The first kappa shape index (κ1) is 13.2. The average molecular weight is 260 g/mol. The van der Waals surface area contributed by atoms with E-state index in [9.17, 15) is 4.79 Å². The molecule has 0 radical (unpaired) electrons. The van der Waals surface area contributed by atoms with Crippen molar-refractivity contribution in [3.05, 3.63) is 41.2 Å². The molecule has 0 aliphatic rings. The lowest BCUT2D eigenvalue weighted by atomic mass is 10.1. The fraction of sp³-hybridized carbons (Fsp3) is 0.385. The van der Waals surface area contributed by atoms with Crippen LogP contribution in [0.5, 0.6) is 0 Å². The maximum absolute atomic E-state index is 10.9. The summed E-state index contributed by atoms with van der Waals surface area (Å²) >= 11 is 0. The Morgan fingerprint density at radius 2 is 2.21 bits per heavy atom. The molecule has 0 aliphatic carbocycles. The molecule has 0 saturated carbocycles. The van der Waals surface area contributed by atoms with Gasteiger partial charge in [-0.2, -0.15) is 0 Å². The Kier molecular flexibility index (Phi) is 3.89. The van der Waals surface area contributed by atoms with Crippen LogP contribution in [0.2, 0.25) is 0 Å². The van der Waals surface area contributed by atoms with E-state index in [4.69, 9.17) is 5.11 Å². The minimum atomic E-state index is -0.930. The summed E-state index contributed by atoms with van der Waals surface area (Å²) in [6.45, 7) is 4.68. The molecule has 0 amide bonds. The molecule has 0 spiro atoms. The van der Waals surface area contributed by atoms with Gasteiger partial charge in [-0.05, 0) is 34.0 Å². The van der Waals surface area contributed by atoms with Crippen molar-refractivity contribution in [2.45, 2.75) is 26.8 Å². The monoisotopic (exact) mass is 260 g/mol. The summed E-state index contributed by atoms with van der Waals surface area (Å²) in [6.07, 6.45) is 0.797. The zero-order valence-electron chi connectivity index (χ0n) is 10.9. The lowest BCUT2D eigenvalue weighted by Crippen LogP contribution is -2.10. The van der Waals surface area contributed by atoms with E-state index in [0.717, 1.165) is 17.8 Å². The number of nitrogens with zero attached hydrogens (tertiary/aromatic N) is 4. The Balaban J connectivity index is 2.19. The third kappa shape index (κ3) is 3.37. The van der Waals surface area contributed by atoms with Crippen molar-refractivity contribution in [2.75, 3.05) is 0 Å². The van der Waals surface area contributed by atoms with Crippen LogP contribution in [0, 0.1) is 5.92 Å². The Labute approximate surface area is 111 Å². The van der Waals surface area contributed by atoms with E-state index >= 15 is 0 Å². The van der Waals surface area contributed by atoms with Crippen molar-refractivity contribution < 1.29 is 9.90 Å². The molecular weight excluding hydrogens is 244 g/mol. The van der Waals surface area contributed by atoms with Crippen LogP contribution in [-0.2, 0) is 13.0 Å². The van der Waals surface area contributed by atoms with Gasteiger partial charge in [0.15, 0.2) is 5.82 Å². The first-order valence-electron chi connectivity index (χ1n) is 6.13. The quantitative estimate of drug-likeness (QED) is 0.883. The van der Waals surface area contributed by atoms with Gasteiger partial charge in [-0.1, -0.05) is 26.0 Å². The van der Waals surface area contributed by atoms with E-state index < -0.39 is 5.97 Å². The van der Waals surface area contributed by atoms with Gasteiger partial charge in [0.2, 0.25) is 0 Å². The summed E-state index contributed by atoms with van der Waals surface area (Å²) in [4.78, 5) is 10.9. The summed E-state index contributed by atoms with van der Waals surface area (Å²) in [5.41, 5.74) is 1.15. The summed E-state index contributed by atoms with van der Waals surface area (Å²) in [7, 11) is 0. The van der Waals surface area contributed by atoms with Crippen LogP contribution in [0.3, 0.4) is 0 Å². The summed E-state index contributed by atoms with van der Waals surface area (Å²) in [5.74, 6) is 0.354. The first-order chi connectivity index (χ1) is 9.06. The van der Waals surface area contributed by atoms with E-state index in [1.807, 2.05) is 6.07 Å². The fourth-order valence-electron chi connectivity index (χ4n) is 1.83. The molecule has 0 unspecified atom stereocenters. The second-order valence-electron chi connectivity index (χ2n) is 4.86. The lowest BCUT2D eigenvalue weighted by Gasteiger charge is -2.07. The molecule has 6 heteroatoms. The number of carboxylic acid groups (broad SMARTS) is 1. The number of rotatable bonds is 5. The van der Waals surface area contributed by atoms with Crippen LogP contribution in [-0.4, -0.2) is 31.3 Å². The molecule has 100 valence electrons. The maximum Gasteiger partial charge on any atom is 0.335 e. The number of tetrazole rings is 1. The summed E-state index contributed by atoms with van der Waals surface area (Å²) < 4.78 is 1.71. The Bertz CT molecular complexity index is 578. The van der Waals surface area contributed by atoms with Gasteiger partial charge in [0, 0.05) is 6.42 Å². The van der Waals surface area contributed by atoms with Crippen molar-refractivity contribution in [3.8, 4) is 0 Å². The van der Waals surface area contributed by atoms with Gasteiger partial charge in [-0.25, -0.2) is 9.48 Å². The molecule has 19 heavy (non-hydrogen) atoms. The van der Waals surface area contributed by atoms with Gasteiger partial charge >= 0.3 is 5.97 Å². The van der Waals surface area contributed by atoms with Gasteiger partial charge < -0.3 is 5.11 Å². The van der Waals surface area contributed by atoms with E-state index in [2.05, 4.69) is 29.4 Å². The fourth-order valence-corrected chi connectivity index (χ4v) is 1.83. The number of aromatic nitrogens is 4. The largest absolute Gasteiger partial charge is 0.478 e. The highest BCUT2D eigenvalue weighted by atomic mass is 16.4. The second-order valence-corrected chi connectivity index (χ2v) is 4.86. The topological polar surface area (TPSA) is 80.9 Å². The van der Waals surface area contributed by atoms with Gasteiger partial charge in [0.1, 0.15) is 0 Å². The van der Waals surface area contributed by atoms with Crippen LogP contribution in [0.15, 0.2) is 24.3 Å². The van der Waals surface area contributed by atoms with Gasteiger partial charge in [-0.3, -0.25) is 0 Å². The smallest absolute Gasteiger partial charge is 0.335 e. The van der Waals surface area contributed by atoms with Crippen LogP contribution < -0.4 is 0 Å². The highest BCUT2D eigenvalue weighted by Gasteiger charge is 2.10. The van der Waals surface area contributed by atoms with Crippen LogP contribution in [0.1, 0.15) is 35.6 Å². The molecule has 6 nitrogen and oxygen atoms in total. The normalized spacial score (nSPS) is 10.9. The molecular formula is C13H16N4O2. The van der Waals surface area contributed by atoms with E-state index in [-0.39, 0.29) is 5.56 Å². The zero-order valence-corrected chi connectivity index (χ0v) is 10.9. The minimum absolute atomic E-state index is 0.274. The molecule has 2 rings (SSSR count). The van der Waals surface area contributed by atoms with E-state index in [0.29, 0.717) is 12.5 Å². The maximum atomic E-state index is 10.9. The summed E-state index contributed by atoms with van der Waals surface area (Å²) in [6, 6.07) is 6.81. The Hall–Kier alpha value is -2.24. The third-order valence-corrected chi connectivity index (χ3v) is 2.70. The second kappa shape index (κ2) is 5.60. The SMILES string of the molecule is CC(C)Cc1nnnn1Cc1cccc(C(=O)O)c1. The average Bonchev–Trinajstić information content (AvgIpc) is 2.76. The number of benzene rings is 1. The highest BCUT2D eigenvalue weighted by Crippen LogP contribution is 2.09. The Morgan fingerprint density at radius 3 is 2.89 bits per heavy atom. The van der Waals surface area contributed by atoms with Crippen LogP contribution >= 0.6 is 0 Å². The molecule has 0 bridgehead atoms. The molecule has 2 aromatic rings. The molecule has 0 aliphatic heterocycles. The molecule has 1 aromatic heterocycles. The summed E-state index contributed by atoms with van der Waals surface area (Å²) in [5, 5.41) is 20.6. The van der Waals surface area contributed by atoms with Gasteiger partial charge in [0.05, 0.1) is 12.1 Å². The van der Waals surface area contributed by atoms with Gasteiger partial charge in [0.25, 0.3) is 0 Å². The standard InChI is InChI=1S/C13H16N4O2/c1-9(2)6-12-14-15-16-17(12)8-10-4-3-5-11(7-10)13(18)19/h3-5,7,9H,6,8H2,1-2H3,(H,18,19). The highest BCUT2D eigenvalue weighted by molar-refractivity contribution is 5.87. The van der Waals surface area contributed by atoms with Gasteiger partial charge in [-0.15, -0.1) is 5.10 Å². The zero-order chi connectivity index (χ0) is 13.8. The third-order valence-electron chi connectivity index (χ3n) is 2.70. The van der Waals surface area contributed by atoms with Crippen molar-refractivity contribution in [2.24, 2.45) is 5.92 Å². The molecule has 0 fully saturated rings. The minimum Gasteiger partial charge on any atom is -0.478 e. The van der Waals surface area contributed by atoms with E-state index in [1.54, 1.807) is 22.9 Å². The Morgan fingerprint density at radius 1 is 1.42 bits per heavy atom. The number of aromatic carboxylic acids is 1. The predicted octanol–water partition coefficient (Wildman–Crippen LogP) is 1.62. The molecule has 0 saturated heterocycles. The lowest BCUT2D eigenvalue weighted by molar-refractivity contribution is 0.0696. The predicted molar refractivity (Wildman–Crippen MR) is 68.9 cm³/mol. The van der Waals surface area contributed by atoms with Crippen molar-refractivity contribution in [1.29, 1.82) is 0 Å². The number of hydrogen-bond donors (Lipinski definition) is 1. The van der Waals surface area contributed by atoms with E-state index in [1.165, 1.54) is 0 Å². The molecule has 1 aromatic carbocycles. The number of hydrogen-bond acceptors (Lipinski definition) is 4. The molecule has 1 heterocycles. The first-order valence-corrected chi connectivity index (χ1v) is 6.13. The van der Waals surface area contributed by atoms with Crippen LogP contribution in [0.25, 0.3) is 0 Å². The van der Waals surface area contributed by atoms with Crippen molar-refractivity contribution >= 4 is 5.97 Å².